The quantitative estimate of drug-likeness (QED) is 0.815. The third-order valence-electron chi connectivity index (χ3n) is 4.21. The zero-order valence-corrected chi connectivity index (χ0v) is 10.9. The highest BCUT2D eigenvalue weighted by Crippen LogP contribution is 2.47. The summed E-state index contributed by atoms with van der Waals surface area (Å²) in [6.07, 6.45) is 1.26. The minimum atomic E-state index is 0.464. The normalized spacial score (nSPS) is 29.4. The Morgan fingerprint density at radius 2 is 2.06 bits per heavy atom. The van der Waals surface area contributed by atoms with E-state index in [1.54, 1.807) is 11.3 Å². The molecule has 92 valence electrons. The molecule has 4 rings (SSSR count). The number of nitrogens with one attached hydrogen (secondary N) is 2. The summed E-state index contributed by atoms with van der Waals surface area (Å²) in [7, 11) is 0. The van der Waals surface area contributed by atoms with Crippen molar-refractivity contribution in [3.63, 3.8) is 0 Å². The molecular formula is C15H16N2S. The van der Waals surface area contributed by atoms with Gasteiger partial charge in [-0.25, -0.2) is 0 Å². The molecule has 0 amide bonds. The van der Waals surface area contributed by atoms with E-state index in [1.807, 2.05) is 0 Å². The number of hydrogen-bond acceptors (Lipinski definition) is 3. The van der Waals surface area contributed by atoms with E-state index in [0.717, 1.165) is 6.54 Å². The molecule has 1 unspecified atom stereocenters. The van der Waals surface area contributed by atoms with Gasteiger partial charge in [0.1, 0.15) is 0 Å². The fourth-order valence-corrected chi connectivity index (χ4v) is 4.08. The van der Waals surface area contributed by atoms with Crippen LogP contribution in [0.1, 0.15) is 29.6 Å². The number of thiophene rings is 1. The first kappa shape index (κ1) is 10.6. The molecule has 3 heteroatoms. The summed E-state index contributed by atoms with van der Waals surface area (Å²) in [4.78, 5) is 0. The second kappa shape index (κ2) is 4.11. The van der Waals surface area contributed by atoms with Gasteiger partial charge in [-0.05, 0) is 47.0 Å². The second-order valence-corrected chi connectivity index (χ2v) is 5.93. The van der Waals surface area contributed by atoms with Gasteiger partial charge in [-0.3, -0.25) is 0 Å². The molecule has 2 aliphatic rings. The van der Waals surface area contributed by atoms with Crippen LogP contribution >= 0.6 is 11.3 Å². The van der Waals surface area contributed by atoms with Gasteiger partial charge in [-0.1, -0.05) is 18.2 Å². The minimum absolute atomic E-state index is 0.464. The van der Waals surface area contributed by atoms with Crippen molar-refractivity contribution >= 4 is 17.0 Å². The second-order valence-electron chi connectivity index (χ2n) is 5.15. The van der Waals surface area contributed by atoms with Gasteiger partial charge in [0, 0.05) is 17.6 Å². The monoisotopic (exact) mass is 256 g/mol. The van der Waals surface area contributed by atoms with Gasteiger partial charge < -0.3 is 10.6 Å². The van der Waals surface area contributed by atoms with E-state index < -0.39 is 0 Å². The zero-order chi connectivity index (χ0) is 11.9. The van der Waals surface area contributed by atoms with Crippen LogP contribution in [0.15, 0.2) is 41.1 Å². The van der Waals surface area contributed by atoms with Gasteiger partial charge in [-0.15, -0.1) is 0 Å². The summed E-state index contributed by atoms with van der Waals surface area (Å²) in [5.41, 5.74) is 4.17. The van der Waals surface area contributed by atoms with Crippen LogP contribution in [0.4, 0.5) is 5.69 Å². The number of benzene rings is 1. The van der Waals surface area contributed by atoms with Gasteiger partial charge in [0.25, 0.3) is 0 Å². The van der Waals surface area contributed by atoms with Gasteiger partial charge in [0.05, 0.1) is 6.04 Å². The van der Waals surface area contributed by atoms with E-state index in [4.69, 9.17) is 0 Å². The summed E-state index contributed by atoms with van der Waals surface area (Å²) in [6.45, 7) is 1.13. The lowest BCUT2D eigenvalue weighted by molar-refractivity contribution is 0.391. The standard InChI is InChI=1S/C15H16N2S/c1-2-4-13-11(3-1)15-12(5-7-16-15)14(17-13)10-6-8-18-9-10/h1-4,6,8-9,12,14-17H,5,7H2/t12-,14+,15?/m1/s1. The average Bonchev–Trinajstić information content (AvgIpc) is 3.09. The molecule has 0 spiro atoms. The zero-order valence-electron chi connectivity index (χ0n) is 10.1. The molecule has 3 heterocycles. The van der Waals surface area contributed by atoms with Crippen LogP contribution in [-0.2, 0) is 0 Å². The average molecular weight is 256 g/mol. The Morgan fingerprint density at radius 3 is 2.94 bits per heavy atom. The van der Waals surface area contributed by atoms with Crippen LogP contribution in [0, 0.1) is 5.92 Å². The van der Waals surface area contributed by atoms with Crippen molar-refractivity contribution in [3.05, 3.63) is 52.2 Å². The molecule has 0 bridgehead atoms. The molecule has 1 saturated heterocycles. The highest BCUT2D eigenvalue weighted by Gasteiger charge is 2.39. The maximum Gasteiger partial charge on any atom is 0.0568 e. The van der Waals surface area contributed by atoms with E-state index in [0.29, 0.717) is 18.0 Å². The first-order valence-electron chi connectivity index (χ1n) is 6.54. The fraction of sp³-hybridized carbons (Fsp3) is 0.333. The maximum atomic E-state index is 3.74. The van der Waals surface area contributed by atoms with Crippen LogP contribution in [0.2, 0.25) is 0 Å². The summed E-state index contributed by atoms with van der Waals surface area (Å²) >= 11 is 1.79. The molecule has 0 saturated carbocycles. The maximum absolute atomic E-state index is 3.74. The molecule has 18 heavy (non-hydrogen) atoms. The van der Waals surface area contributed by atoms with Crippen molar-refractivity contribution in [2.45, 2.75) is 18.5 Å². The highest BCUT2D eigenvalue weighted by molar-refractivity contribution is 7.08. The Labute approximate surface area is 111 Å². The molecule has 2 aliphatic heterocycles. The van der Waals surface area contributed by atoms with Crippen molar-refractivity contribution in [1.82, 2.24) is 5.32 Å². The van der Waals surface area contributed by atoms with E-state index in [9.17, 15) is 0 Å². The van der Waals surface area contributed by atoms with Crippen molar-refractivity contribution in [3.8, 4) is 0 Å². The molecule has 2 N–H and O–H groups in total. The van der Waals surface area contributed by atoms with E-state index in [2.05, 4.69) is 51.7 Å². The minimum Gasteiger partial charge on any atom is -0.378 e. The summed E-state index contributed by atoms with van der Waals surface area (Å²) < 4.78 is 0. The van der Waals surface area contributed by atoms with Crippen LogP contribution < -0.4 is 10.6 Å². The predicted molar refractivity (Wildman–Crippen MR) is 76.0 cm³/mol. The van der Waals surface area contributed by atoms with Crippen LogP contribution in [0.3, 0.4) is 0 Å². The largest absolute Gasteiger partial charge is 0.378 e. The van der Waals surface area contributed by atoms with Crippen LogP contribution in [-0.4, -0.2) is 6.54 Å². The number of para-hydroxylation sites is 1. The predicted octanol–water partition coefficient (Wildman–Crippen LogP) is 3.57. The van der Waals surface area contributed by atoms with Crippen LogP contribution in [0.25, 0.3) is 0 Å². The summed E-state index contributed by atoms with van der Waals surface area (Å²) in [6, 6.07) is 12.0. The van der Waals surface area contributed by atoms with Crippen molar-refractivity contribution in [2.75, 3.05) is 11.9 Å². The first-order valence-corrected chi connectivity index (χ1v) is 7.49. The van der Waals surface area contributed by atoms with Crippen molar-refractivity contribution in [1.29, 1.82) is 0 Å². The molecule has 3 atom stereocenters. The molecule has 2 aromatic rings. The molecule has 1 aromatic carbocycles. The topological polar surface area (TPSA) is 24.1 Å². The molecule has 1 fully saturated rings. The molecular weight excluding hydrogens is 240 g/mol. The molecule has 0 aliphatic carbocycles. The lowest BCUT2D eigenvalue weighted by Crippen LogP contribution is -2.32. The van der Waals surface area contributed by atoms with Crippen molar-refractivity contribution in [2.24, 2.45) is 5.92 Å². The van der Waals surface area contributed by atoms with Crippen molar-refractivity contribution < 1.29 is 0 Å². The van der Waals surface area contributed by atoms with E-state index in [-0.39, 0.29) is 0 Å². The van der Waals surface area contributed by atoms with Gasteiger partial charge in [-0.2, -0.15) is 11.3 Å². The van der Waals surface area contributed by atoms with Gasteiger partial charge >= 0.3 is 0 Å². The highest BCUT2D eigenvalue weighted by atomic mass is 32.1. The first-order chi connectivity index (χ1) is 8.93. The third kappa shape index (κ3) is 1.51. The number of hydrogen-bond donors (Lipinski definition) is 2. The summed E-state index contributed by atoms with van der Waals surface area (Å²) in [5.74, 6) is 0.675. The lowest BCUT2D eigenvalue weighted by atomic mass is 9.81. The Bertz CT molecular complexity index is 549. The Balaban J connectivity index is 1.80. The van der Waals surface area contributed by atoms with E-state index in [1.165, 1.54) is 23.2 Å². The Hall–Kier alpha value is -1.32. The fourth-order valence-electron chi connectivity index (χ4n) is 3.38. The number of rotatable bonds is 1. The molecule has 0 radical (unpaired) electrons. The number of fused-ring (bicyclic) bond motifs is 3. The summed E-state index contributed by atoms with van der Waals surface area (Å²) in [5, 5.41) is 11.9. The Morgan fingerprint density at radius 1 is 1.11 bits per heavy atom. The Kier molecular flexibility index (Phi) is 2.42. The number of anilines is 1. The van der Waals surface area contributed by atoms with Crippen LogP contribution in [0.5, 0.6) is 0 Å². The molecule has 1 aromatic heterocycles. The van der Waals surface area contributed by atoms with Gasteiger partial charge in [0.2, 0.25) is 0 Å². The lowest BCUT2D eigenvalue weighted by Gasteiger charge is -2.36. The smallest absolute Gasteiger partial charge is 0.0568 e. The van der Waals surface area contributed by atoms with E-state index >= 15 is 0 Å². The molecule has 2 nitrogen and oxygen atoms in total. The SMILES string of the molecule is c1ccc2c(c1)N[C@@H](c1ccsc1)[C@H]1CCNC21. The third-order valence-corrected chi connectivity index (χ3v) is 4.91. The van der Waals surface area contributed by atoms with Gasteiger partial charge in [0.15, 0.2) is 0 Å².